The Balaban J connectivity index is 1.58. The molecule has 0 bridgehead atoms. The van der Waals surface area contributed by atoms with Gasteiger partial charge in [0.25, 0.3) is 0 Å². The highest BCUT2D eigenvalue weighted by molar-refractivity contribution is 7.89. The number of rotatable bonds is 6. The van der Waals surface area contributed by atoms with Crippen LogP contribution in [-0.4, -0.2) is 25.2 Å². The molecule has 1 aliphatic rings. The van der Waals surface area contributed by atoms with Crippen LogP contribution in [0.1, 0.15) is 34.7 Å². The molecule has 32 heavy (non-hydrogen) atoms. The zero-order chi connectivity index (χ0) is 22.7. The SMILES string of the molecule is Cc1ccc(S(=O)(=O)N2CCc3ccccc3C2CC(=O)OCc2ccc(Cl)cc2)cc1. The van der Waals surface area contributed by atoms with Crippen LogP contribution >= 0.6 is 11.6 Å². The number of nitrogens with zero attached hydrogens (tertiary/aromatic N) is 1. The molecule has 7 heteroatoms. The number of carbonyl (C=O) groups excluding carboxylic acids is 1. The Hall–Kier alpha value is -2.67. The summed E-state index contributed by atoms with van der Waals surface area (Å²) in [6, 6.07) is 20.9. The van der Waals surface area contributed by atoms with Gasteiger partial charge in [-0.05, 0) is 54.3 Å². The summed E-state index contributed by atoms with van der Waals surface area (Å²) < 4.78 is 33.8. The van der Waals surface area contributed by atoms with Gasteiger partial charge in [0.2, 0.25) is 10.0 Å². The number of aryl methyl sites for hydroxylation is 1. The summed E-state index contributed by atoms with van der Waals surface area (Å²) >= 11 is 5.90. The number of esters is 1. The van der Waals surface area contributed by atoms with Crippen LogP contribution in [0, 0.1) is 6.92 Å². The van der Waals surface area contributed by atoms with E-state index in [1.54, 1.807) is 48.5 Å². The van der Waals surface area contributed by atoms with Crippen molar-refractivity contribution in [3.05, 3.63) is 100 Å². The van der Waals surface area contributed by atoms with E-state index in [1.807, 2.05) is 31.2 Å². The van der Waals surface area contributed by atoms with Crippen LogP contribution in [0.3, 0.4) is 0 Å². The topological polar surface area (TPSA) is 63.7 Å². The summed E-state index contributed by atoms with van der Waals surface area (Å²) in [5, 5.41) is 0.607. The standard InChI is InChI=1S/C25H24ClNO4S/c1-18-6-12-22(13-7-18)32(29,30)27-15-14-20-4-2-3-5-23(20)24(27)16-25(28)31-17-19-8-10-21(26)11-9-19/h2-13,24H,14-17H2,1H3. The second kappa shape index (κ2) is 9.45. The molecule has 0 N–H and O–H groups in total. The fourth-order valence-corrected chi connectivity index (χ4v) is 5.67. The molecule has 0 radical (unpaired) electrons. The van der Waals surface area contributed by atoms with E-state index in [0.29, 0.717) is 18.0 Å². The molecule has 1 heterocycles. The van der Waals surface area contributed by atoms with Gasteiger partial charge in [-0.1, -0.05) is 65.7 Å². The molecule has 3 aromatic carbocycles. The smallest absolute Gasteiger partial charge is 0.308 e. The maximum absolute atomic E-state index is 13.5. The summed E-state index contributed by atoms with van der Waals surface area (Å²) in [5.74, 6) is -0.453. The zero-order valence-electron chi connectivity index (χ0n) is 17.7. The van der Waals surface area contributed by atoms with E-state index in [4.69, 9.17) is 16.3 Å². The number of carbonyl (C=O) groups is 1. The van der Waals surface area contributed by atoms with E-state index in [-0.39, 0.29) is 17.9 Å². The monoisotopic (exact) mass is 469 g/mol. The Kier molecular flexibility index (Phi) is 6.65. The molecule has 3 aromatic rings. The Morgan fingerprint density at radius 1 is 1.03 bits per heavy atom. The average Bonchev–Trinajstić information content (AvgIpc) is 2.79. The summed E-state index contributed by atoms with van der Waals surface area (Å²) in [6.07, 6.45) is 0.535. The molecular formula is C25H24ClNO4S. The largest absolute Gasteiger partial charge is 0.461 e. The molecule has 0 aromatic heterocycles. The first-order valence-electron chi connectivity index (χ1n) is 10.4. The lowest BCUT2D eigenvalue weighted by molar-refractivity contribution is -0.146. The molecule has 5 nitrogen and oxygen atoms in total. The van der Waals surface area contributed by atoms with Crippen LogP contribution < -0.4 is 0 Å². The van der Waals surface area contributed by atoms with E-state index < -0.39 is 22.0 Å². The highest BCUT2D eigenvalue weighted by Crippen LogP contribution is 2.36. The first kappa shape index (κ1) is 22.5. The van der Waals surface area contributed by atoms with Gasteiger partial charge < -0.3 is 4.74 Å². The van der Waals surface area contributed by atoms with Crippen molar-refractivity contribution in [2.24, 2.45) is 0 Å². The lowest BCUT2D eigenvalue weighted by Gasteiger charge is -2.36. The maximum Gasteiger partial charge on any atom is 0.308 e. The minimum absolute atomic E-state index is 0.0598. The molecule has 1 unspecified atom stereocenters. The first-order chi connectivity index (χ1) is 15.3. The molecule has 0 amide bonds. The number of hydrogen-bond acceptors (Lipinski definition) is 4. The maximum atomic E-state index is 13.5. The van der Waals surface area contributed by atoms with Gasteiger partial charge in [0.05, 0.1) is 17.4 Å². The zero-order valence-corrected chi connectivity index (χ0v) is 19.3. The molecule has 166 valence electrons. The van der Waals surface area contributed by atoms with Crippen LogP contribution in [0.4, 0.5) is 0 Å². The number of sulfonamides is 1. The van der Waals surface area contributed by atoms with E-state index in [1.165, 1.54) is 4.31 Å². The highest BCUT2D eigenvalue weighted by Gasteiger charge is 2.37. The minimum Gasteiger partial charge on any atom is -0.461 e. The van der Waals surface area contributed by atoms with Gasteiger partial charge in [-0.2, -0.15) is 4.31 Å². The van der Waals surface area contributed by atoms with Gasteiger partial charge in [-0.15, -0.1) is 0 Å². The Labute approximate surface area is 193 Å². The summed E-state index contributed by atoms with van der Waals surface area (Å²) in [7, 11) is -3.78. The molecular weight excluding hydrogens is 446 g/mol. The van der Waals surface area contributed by atoms with Crippen molar-refractivity contribution < 1.29 is 17.9 Å². The molecule has 0 spiro atoms. The molecule has 4 rings (SSSR count). The number of ether oxygens (including phenoxy) is 1. The van der Waals surface area contributed by atoms with Crippen molar-refractivity contribution in [3.63, 3.8) is 0 Å². The van der Waals surface area contributed by atoms with E-state index in [2.05, 4.69) is 0 Å². The predicted octanol–water partition coefficient (Wildman–Crippen LogP) is 5.07. The summed E-state index contributed by atoms with van der Waals surface area (Å²) in [4.78, 5) is 13.0. The van der Waals surface area contributed by atoms with Crippen molar-refractivity contribution in [2.45, 2.75) is 37.3 Å². The lowest BCUT2D eigenvalue weighted by atomic mass is 9.92. The number of fused-ring (bicyclic) bond motifs is 1. The van der Waals surface area contributed by atoms with E-state index in [9.17, 15) is 13.2 Å². The van der Waals surface area contributed by atoms with Gasteiger partial charge in [0, 0.05) is 11.6 Å². The molecule has 0 saturated heterocycles. The van der Waals surface area contributed by atoms with Crippen molar-refractivity contribution in [1.29, 1.82) is 0 Å². The molecule has 0 fully saturated rings. The average molecular weight is 470 g/mol. The van der Waals surface area contributed by atoms with Gasteiger partial charge in [0.1, 0.15) is 6.61 Å². The second-order valence-corrected chi connectivity index (χ2v) is 10.2. The van der Waals surface area contributed by atoms with Gasteiger partial charge in [0.15, 0.2) is 0 Å². The van der Waals surface area contributed by atoms with Crippen molar-refractivity contribution in [1.82, 2.24) is 4.31 Å². The van der Waals surface area contributed by atoms with Crippen LogP contribution in [-0.2, 0) is 32.6 Å². The van der Waals surface area contributed by atoms with Crippen LogP contribution in [0.5, 0.6) is 0 Å². The number of hydrogen-bond donors (Lipinski definition) is 0. The minimum atomic E-state index is -3.78. The summed E-state index contributed by atoms with van der Waals surface area (Å²) in [6.45, 7) is 2.32. The predicted molar refractivity (Wildman–Crippen MR) is 124 cm³/mol. The molecule has 0 saturated carbocycles. The third-order valence-corrected chi connectivity index (χ3v) is 7.84. The molecule has 0 aliphatic carbocycles. The molecule has 1 aliphatic heterocycles. The highest BCUT2D eigenvalue weighted by atomic mass is 35.5. The van der Waals surface area contributed by atoms with E-state index >= 15 is 0 Å². The van der Waals surface area contributed by atoms with Crippen LogP contribution in [0.15, 0.2) is 77.7 Å². The normalized spacial score (nSPS) is 16.4. The number of halogens is 1. The van der Waals surface area contributed by atoms with Crippen molar-refractivity contribution >= 4 is 27.6 Å². The van der Waals surface area contributed by atoms with Crippen molar-refractivity contribution in [2.75, 3.05) is 6.54 Å². The Morgan fingerprint density at radius 3 is 2.44 bits per heavy atom. The third-order valence-electron chi connectivity index (χ3n) is 5.66. The fraction of sp³-hybridized carbons (Fsp3) is 0.240. The second-order valence-electron chi connectivity index (χ2n) is 7.88. The first-order valence-corrected chi connectivity index (χ1v) is 12.2. The number of benzene rings is 3. The molecule has 1 atom stereocenters. The third kappa shape index (κ3) is 4.88. The van der Waals surface area contributed by atoms with Gasteiger partial charge in [-0.3, -0.25) is 4.79 Å². The van der Waals surface area contributed by atoms with Crippen LogP contribution in [0.25, 0.3) is 0 Å². The quantitative estimate of drug-likeness (QED) is 0.473. The fourth-order valence-electron chi connectivity index (χ4n) is 3.93. The van der Waals surface area contributed by atoms with Gasteiger partial charge in [-0.25, -0.2) is 8.42 Å². The Morgan fingerprint density at radius 2 is 1.72 bits per heavy atom. The van der Waals surface area contributed by atoms with Gasteiger partial charge >= 0.3 is 5.97 Å². The van der Waals surface area contributed by atoms with Crippen LogP contribution in [0.2, 0.25) is 5.02 Å². The summed E-state index contributed by atoms with van der Waals surface area (Å²) in [5.41, 5.74) is 3.70. The Bertz CT molecular complexity index is 1210. The van der Waals surface area contributed by atoms with E-state index in [0.717, 1.165) is 22.3 Å². The van der Waals surface area contributed by atoms with Crippen molar-refractivity contribution in [3.8, 4) is 0 Å². The lowest BCUT2D eigenvalue weighted by Crippen LogP contribution is -2.41.